The van der Waals surface area contributed by atoms with Gasteiger partial charge in [-0.15, -0.1) is 0 Å². The number of amides is 3. The Labute approximate surface area is 346 Å². The van der Waals surface area contributed by atoms with Gasteiger partial charge in [-0.2, -0.15) is 0 Å². The Kier molecular flexibility index (Phi) is 11.5. The summed E-state index contributed by atoms with van der Waals surface area (Å²) >= 11 is 0. The van der Waals surface area contributed by atoms with Crippen LogP contribution in [0.4, 0.5) is 36.3 Å². The predicted octanol–water partition coefficient (Wildman–Crippen LogP) is 7.77. The van der Waals surface area contributed by atoms with Crippen molar-refractivity contribution >= 4 is 40.7 Å². The number of hydrogen-bond acceptors (Lipinski definition) is 7. The number of ether oxygens (including phenoxy) is 1. The van der Waals surface area contributed by atoms with Crippen molar-refractivity contribution in [2.24, 2.45) is 0 Å². The molecule has 0 atom stereocenters. The zero-order chi connectivity index (χ0) is 42.3. The van der Waals surface area contributed by atoms with E-state index in [0.717, 1.165) is 71.2 Å². The topological polar surface area (TPSA) is 88.7 Å². The van der Waals surface area contributed by atoms with Gasteiger partial charge >= 0.3 is 6.09 Å². The van der Waals surface area contributed by atoms with E-state index < -0.39 is 16.4 Å². The highest BCUT2D eigenvalue weighted by molar-refractivity contribution is 6.10. The lowest BCUT2D eigenvalue weighted by Crippen LogP contribution is -2.50. The van der Waals surface area contributed by atoms with Crippen LogP contribution in [0.3, 0.4) is 0 Å². The fourth-order valence-corrected chi connectivity index (χ4v) is 8.73. The zero-order valence-corrected chi connectivity index (χ0v) is 35.3. The van der Waals surface area contributed by atoms with E-state index in [1.54, 1.807) is 26.8 Å². The van der Waals surface area contributed by atoms with Crippen LogP contribution in [0.1, 0.15) is 70.7 Å². The van der Waals surface area contributed by atoms with E-state index in [1.165, 1.54) is 24.3 Å². The summed E-state index contributed by atoms with van der Waals surface area (Å²) in [4.78, 5) is 49.0. The number of carbonyl (C=O) groups is 3. The molecule has 4 heterocycles. The molecule has 0 radical (unpaired) electrons. The van der Waals surface area contributed by atoms with Gasteiger partial charge in [0.2, 0.25) is 11.8 Å². The average molecular weight is 807 g/mol. The van der Waals surface area contributed by atoms with Gasteiger partial charge in [0.15, 0.2) is 0 Å². The number of benzene rings is 4. The van der Waals surface area contributed by atoms with Crippen LogP contribution in [0, 0.1) is 11.6 Å². The Balaban J connectivity index is 0.000000184. The summed E-state index contributed by atoms with van der Waals surface area (Å²) in [7, 11) is 0. The summed E-state index contributed by atoms with van der Waals surface area (Å²) < 4.78 is 32.8. The first-order valence-electron chi connectivity index (χ1n) is 20.5. The normalized spacial score (nSPS) is 18.4. The Morgan fingerprint density at radius 2 is 1.03 bits per heavy atom. The summed E-state index contributed by atoms with van der Waals surface area (Å²) in [5.74, 6) is -0.514. The third kappa shape index (κ3) is 8.50. The maximum absolute atomic E-state index is 13.7. The van der Waals surface area contributed by atoms with Crippen LogP contribution in [0.2, 0.25) is 0 Å². The number of anilines is 4. The quantitative estimate of drug-likeness (QED) is 0.213. The Hall–Kier alpha value is -5.49. The second-order valence-corrected chi connectivity index (χ2v) is 17.8. The van der Waals surface area contributed by atoms with Crippen molar-refractivity contribution in [3.05, 3.63) is 119 Å². The molecule has 8 rings (SSSR count). The molecule has 59 heavy (non-hydrogen) atoms. The molecule has 0 bridgehead atoms. The van der Waals surface area contributed by atoms with Crippen LogP contribution in [0.25, 0.3) is 0 Å². The summed E-state index contributed by atoms with van der Waals surface area (Å²) in [5, 5.41) is 3.37. The first kappa shape index (κ1) is 41.7. The van der Waals surface area contributed by atoms with Crippen molar-refractivity contribution in [1.29, 1.82) is 0 Å². The molecule has 4 aliphatic rings. The van der Waals surface area contributed by atoms with E-state index in [1.807, 2.05) is 90.9 Å². The number of nitrogens with zero attached hydrogens (tertiary/aromatic N) is 5. The predicted molar refractivity (Wildman–Crippen MR) is 229 cm³/mol. The van der Waals surface area contributed by atoms with E-state index in [-0.39, 0.29) is 29.5 Å². The van der Waals surface area contributed by atoms with Crippen molar-refractivity contribution in [2.75, 3.05) is 72.0 Å². The highest BCUT2D eigenvalue weighted by Crippen LogP contribution is 2.49. The van der Waals surface area contributed by atoms with Crippen molar-refractivity contribution < 1.29 is 27.9 Å². The maximum atomic E-state index is 13.7. The summed E-state index contributed by atoms with van der Waals surface area (Å²) in [6.45, 7) is 20.4. The van der Waals surface area contributed by atoms with Crippen LogP contribution in [0.5, 0.6) is 0 Å². The molecule has 0 aromatic heterocycles. The Morgan fingerprint density at radius 1 is 0.627 bits per heavy atom. The number of halogens is 2. The minimum absolute atomic E-state index is 0.00148. The molecule has 2 fully saturated rings. The van der Waals surface area contributed by atoms with Gasteiger partial charge in [-0.05, 0) is 108 Å². The molecule has 12 heteroatoms. The van der Waals surface area contributed by atoms with Crippen LogP contribution >= 0.6 is 0 Å². The first-order chi connectivity index (χ1) is 28.0. The molecule has 3 amide bonds. The molecule has 2 saturated heterocycles. The number of piperazine rings is 2. The van der Waals surface area contributed by atoms with Gasteiger partial charge in [-0.25, -0.2) is 13.6 Å². The molecule has 4 aliphatic heterocycles. The van der Waals surface area contributed by atoms with Gasteiger partial charge < -0.3 is 34.6 Å². The van der Waals surface area contributed by atoms with E-state index in [4.69, 9.17) is 4.74 Å². The second kappa shape index (κ2) is 16.3. The summed E-state index contributed by atoms with van der Waals surface area (Å²) in [6.07, 6.45) is -0.294. The van der Waals surface area contributed by atoms with Crippen molar-refractivity contribution in [3.8, 4) is 0 Å². The minimum atomic E-state index is -0.707. The van der Waals surface area contributed by atoms with Crippen LogP contribution in [-0.4, -0.2) is 80.8 Å². The molecular formula is C47H56F2N6O4. The number of carbonyl (C=O) groups excluding carboxylic acids is 3. The van der Waals surface area contributed by atoms with Gasteiger partial charge in [0.1, 0.15) is 17.2 Å². The number of rotatable bonds is 6. The molecule has 0 spiro atoms. The highest BCUT2D eigenvalue weighted by Gasteiger charge is 2.47. The lowest BCUT2D eigenvalue weighted by molar-refractivity contribution is -0.122. The van der Waals surface area contributed by atoms with Crippen molar-refractivity contribution in [3.63, 3.8) is 0 Å². The van der Waals surface area contributed by atoms with Crippen LogP contribution < -0.4 is 24.9 Å². The van der Waals surface area contributed by atoms with E-state index in [9.17, 15) is 23.2 Å². The molecule has 0 unspecified atom stereocenters. The zero-order valence-electron chi connectivity index (χ0n) is 35.3. The van der Waals surface area contributed by atoms with Crippen LogP contribution in [0.15, 0.2) is 84.9 Å². The standard InChI is InChI=1S/C26H32FN3O3.C21H24FN3O/c1-25(2,3)33-24(32)29-14-12-28(13-15-29)20-10-7-11-21-22(20)26(4,5)23(31)30(21)17-18-8-6-9-19(27)16-18;1-21(2)19-17(24-11-9-23-10-12-24)7-4-8-18(19)25(20(21)26)14-15-5-3-6-16(22)13-15/h6-11,16H,12-15,17H2,1-5H3;3-8,13,23H,9-12,14H2,1-2H3. The third-order valence-corrected chi connectivity index (χ3v) is 11.6. The lowest BCUT2D eigenvalue weighted by Gasteiger charge is -2.38. The number of fused-ring (bicyclic) bond motifs is 2. The van der Waals surface area contributed by atoms with E-state index in [2.05, 4.69) is 21.2 Å². The maximum Gasteiger partial charge on any atom is 0.410 e. The summed E-state index contributed by atoms with van der Waals surface area (Å²) in [6, 6.07) is 25.0. The van der Waals surface area contributed by atoms with Crippen molar-refractivity contribution in [2.45, 2.75) is 78.0 Å². The lowest BCUT2D eigenvalue weighted by atomic mass is 9.84. The smallest absolute Gasteiger partial charge is 0.410 e. The molecule has 10 nitrogen and oxygen atoms in total. The molecule has 4 aromatic rings. The van der Waals surface area contributed by atoms with E-state index in [0.29, 0.717) is 39.3 Å². The fourth-order valence-electron chi connectivity index (χ4n) is 8.73. The average Bonchev–Trinajstić information content (AvgIpc) is 3.51. The first-order valence-corrected chi connectivity index (χ1v) is 20.5. The van der Waals surface area contributed by atoms with Gasteiger partial charge in [0, 0.05) is 74.9 Å². The second-order valence-electron chi connectivity index (χ2n) is 17.8. The van der Waals surface area contributed by atoms with Gasteiger partial charge in [-0.3, -0.25) is 9.59 Å². The van der Waals surface area contributed by atoms with Gasteiger partial charge in [0.25, 0.3) is 0 Å². The molecule has 312 valence electrons. The molecule has 1 N–H and O–H groups in total. The van der Waals surface area contributed by atoms with Gasteiger partial charge in [0.05, 0.1) is 35.3 Å². The Bertz CT molecular complexity index is 2220. The van der Waals surface area contributed by atoms with E-state index >= 15 is 0 Å². The minimum Gasteiger partial charge on any atom is -0.444 e. The Morgan fingerprint density at radius 3 is 1.46 bits per heavy atom. The molecule has 0 aliphatic carbocycles. The largest absolute Gasteiger partial charge is 0.444 e. The number of hydrogen-bond donors (Lipinski definition) is 1. The summed E-state index contributed by atoms with van der Waals surface area (Å²) in [5.41, 5.74) is 5.76. The monoisotopic (exact) mass is 806 g/mol. The van der Waals surface area contributed by atoms with Gasteiger partial charge in [-0.1, -0.05) is 36.4 Å². The SMILES string of the molecule is CC(C)(C)OC(=O)N1CCN(c2cccc3c2C(C)(C)C(=O)N3Cc2cccc(F)c2)CC1.CC1(C)C(=O)N(Cc2cccc(F)c2)c2cccc(N3CCNCC3)c21. The van der Waals surface area contributed by atoms with Crippen LogP contribution in [-0.2, 0) is 38.2 Å². The number of nitrogens with one attached hydrogen (secondary N) is 1. The molecule has 0 saturated carbocycles. The van der Waals surface area contributed by atoms with Crippen molar-refractivity contribution in [1.82, 2.24) is 10.2 Å². The fraction of sp³-hybridized carbons (Fsp3) is 0.426. The highest BCUT2D eigenvalue weighted by atomic mass is 19.1. The third-order valence-electron chi connectivity index (χ3n) is 11.6. The molecular weight excluding hydrogens is 751 g/mol. The molecule has 4 aromatic carbocycles.